The summed E-state index contributed by atoms with van der Waals surface area (Å²) in [7, 11) is 1.99. The first-order chi connectivity index (χ1) is 19.1. The van der Waals surface area contributed by atoms with Crippen molar-refractivity contribution in [3.05, 3.63) is 62.4 Å². The molecule has 0 spiro atoms. The summed E-state index contributed by atoms with van der Waals surface area (Å²) in [6, 6.07) is 7.09. The van der Waals surface area contributed by atoms with Crippen molar-refractivity contribution in [2.24, 2.45) is 11.3 Å². The molecule has 0 saturated heterocycles. The lowest BCUT2D eigenvalue weighted by Crippen LogP contribution is -2.46. The molecule has 1 aliphatic rings. The number of ether oxygens (including phenoxy) is 1. The Morgan fingerprint density at radius 2 is 1.71 bits per heavy atom. The number of Topliss-reactive ketones (excluding diaryl/α,β-unsaturated/α-hetero) is 1. The van der Waals surface area contributed by atoms with Crippen molar-refractivity contribution in [3.8, 4) is 5.75 Å². The van der Waals surface area contributed by atoms with Gasteiger partial charge in [0.1, 0.15) is 17.9 Å². The van der Waals surface area contributed by atoms with Crippen molar-refractivity contribution in [2.45, 2.75) is 95.0 Å². The van der Waals surface area contributed by atoms with Gasteiger partial charge in [-0.1, -0.05) is 86.4 Å². The zero-order chi connectivity index (χ0) is 31.7. The molecule has 0 amide bonds. The van der Waals surface area contributed by atoms with Crippen molar-refractivity contribution in [3.63, 3.8) is 0 Å². The molecule has 0 bridgehead atoms. The molecular formula is C34H52N2O5. The fourth-order valence-electron chi connectivity index (χ4n) is 4.47. The van der Waals surface area contributed by atoms with E-state index in [1.807, 2.05) is 50.6 Å². The zero-order valence-corrected chi connectivity index (χ0v) is 27.3. The molecule has 41 heavy (non-hydrogen) atoms. The highest BCUT2D eigenvalue weighted by molar-refractivity contribution is 5.87. The summed E-state index contributed by atoms with van der Waals surface area (Å²) in [5.74, 6) is 0.194. The van der Waals surface area contributed by atoms with E-state index in [0.717, 1.165) is 34.0 Å². The number of pyridine rings is 1. The number of ketones is 1. The lowest BCUT2D eigenvalue weighted by Gasteiger charge is -2.43. The van der Waals surface area contributed by atoms with Gasteiger partial charge in [0.15, 0.2) is 11.2 Å². The fraction of sp³-hybridized carbons (Fsp3) is 0.559. The minimum Gasteiger partial charge on any atom is -0.485 e. The highest BCUT2D eigenvalue weighted by Gasteiger charge is 2.35. The molecular weight excluding hydrogens is 516 g/mol. The third-order valence-corrected chi connectivity index (χ3v) is 7.20. The maximum absolute atomic E-state index is 12.8. The third kappa shape index (κ3) is 9.07. The minimum atomic E-state index is -1.23. The predicted octanol–water partition coefficient (Wildman–Crippen LogP) is 5.86. The number of nitrogens with zero attached hydrogens (tertiary/aromatic N) is 2. The van der Waals surface area contributed by atoms with Gasteiger partial charge in [0, 0.05) is 36.3 Å². The zero-order valence-electron chi connectivity index (χ0n) is 27.3. The van der Waals surface area contributed by atoms with E-state index in [9.17, 15) is 19.5 Å². The van der Waals surface area contributed by atoms with Crippen LogP contribution in [0.15, 0.2) is 35.3 Å². The maximum Gasteiger partial charge on any atom is 0.341 e. The van der Waals surface area contributed by atoms with Gasteiger partial charge in [-0.2, -0.15) is 0 Å². The topological polar surface area (TPSA) is 88.8 Å². The first-order valence-corrected chi connectivity index (χ1v) is 14.8. The van der Waals surface area contributed by atoms with Crippen LogP contribution >= 0.6 is 0 Å². The van der Waals surface area contributed by atoms with Gasteiger partial charge in [-0.3, -0.25) is 9.59 Å². The van der Waals surface area contributed by atoms with Crippen LogP contribution in [-0.4, -0.2) is 46.5 Å². The van der Waals surface area contributed by atoms with Crippen LogP contribution in [0.25, 0.3) is 11.3 Å². The molecule has 1 N–H and O–H groups in total. The second kappa shape index (κ2) is 15.6. The van der Waals surface area contributed by atoms with Gasteiger partial charge in [0.25, 0.3) is 0 Å². The molecule has 1 aliphatic heterocycles. The van der Waals surface area contributed by atoms with Gasteiger partial charge < -0.3 is 19.3 Å². The van der Waals surface area contributed by atoms with E-state index in [1.165, 1.54) is 25.6 Å². The Balaban J connectivity index is 0.00000108. The van der Waals surface area contributed by atoms with E-state index in [4.69, 9.17) is 4.74 Å². The second-order valence-corrected chi connectivity index (χ2v) is 11.9. The molecule has 2 heterocycles. The lowest BCUT2D eigenvalue weighted by molar-refractivity contribution is -0.118. The first kappa shape index (κ1) is 35.7. The number of fused-ring (bicyclic) bond motifs is 1. The van der Waals surface area contributed by atoms with Crippen molar-refractivity contribution in [1.29, 1.82) is 0 Å². The minimum absolute atomic E-state index is 0.0251. The standard InChI is InChI=1S/C27H34N2O5.C5H12.C2H6/c1-8-16(2)24-18(10-9-11-22(24)34-15-17(3)30)25-20-12-21(31)19(26(32)33)13-29(20)23(14-28(25)7)27(4,5)6;1-4-5(2)3;1-2/h9-13,23H,8,14-15H2,1-7H3,(H,32,33);5H,4H2,1-3H3;1-2H3/b24-16?,25-18-;;. The Morgan fingerprint density at radius 1 is 1.12 bits per heavy atom. The molecule has 7 heteroatoms. The molecule has 3 rings (SSSR count). The van der Waals surface area contributed by atoms with E-state index in [-0.39, 0.29) is 29.4 Å². The van der Waals surface area contributed by atoms with E-state index < -0.39 is 11.4 Å². The van der Waals surface area contributed by atoms with Gasteiger partial charge in [-0.05, 0) is 37.7 Å². The highest BCUT2D eigenvalue weighted by Crippen LogP contribution is 2.37. The van der Waals surface area contributed by atoms with Crippen LogP contribution in [0.2, 0.25) is 0 Å². The molecule has 0 saturated carbocycles. The molecule has 0 fully saturated rings. The van der Waals surface area contributed by atoms with Crippen LogP contribution in [0.5, 0.6) is 5.75 Å². The Hall–Kier alpha value is -3.35. The van der Waals surface area contributed by atoms with E-state index in [1.54, 1.807) is 0 Å². The van der Waals surface area contributed by atoms with Gasteiger partial charge >= 0.3 is 5.97 Å². The Morgan fingerprint density at radius 3 is 2.17 bits per heavy atom. The second-order valence-electron chi connectivity index (χ2n) is 11.9. The Kier molecular flexibility index (Phi) is 13.6. The molecule has 1 unspecified atom stereocenters. The lowest BCUT2D eigenvalue weighted by atomic mass is 9.84. The number of carboxylic acids is 1. The van der Waals surface area contributed by atoms with Gasteiger partial charge in [0.2, 0.25) is 0 Å². The fourth-order valence-corrected chi connectivity index (χ4v) is 4.47. The van der Waals surface area contributed by atoms with Crippen LogP contribution in [-0.2, 0) is 4.79 Å². The van der Waals surface area contributed by atoms with Crippen LogP contribution in [0, 0.1) is 11.3 Å². The van der Waals surface area contributed by atoms with Crippen molar-refractivity contribution in [2.75, 3.05) is 20.2 Å². The maximum atomic E-state index is 12.8. The van der Waals surface area contributed by atoms with E-state index >= 15 is 0 Å². The smallest absolute Gasteiger partial charge is 0.341 e. The van der Waals surface area contributed by atoms with E-state index in [0.29, 0.717) is 18.0 Å². The number of benzene rings is 1. The van der Waals surface area contributed by atoms with Crippen molar-refractivity contribution in [1.82, 2.24) is 9.47 Å². The van der Waals surface area contributed by atoms with Gasteiger partial charge in [0.05, 0.1) is 17.4 Å². The Labute approximate surface area is 246 Å². The number of carbonyl (C=O) groups is 2. The number of likely N-dealkylation sites (N-methyl/N-ethyl adjacent to an activating group) is 1. The van der Waals surface area contributed by atoms with Crippen LogP contribution in [0.1, 0.15) is 111 Å². The molecule has 0 radical (unpaired) electrons. The summed E-state index contributed by atoms with van der Waals surface area (Å²) < 4.78 is 7.82. The third-order valence-electron chi connectivity index (χ3n) is 7.20. The van der Waals surface area contributed by atoms with Crippen LogP contribution < -0.4 is 20.6 Å². The molecule has 2 aromatic rings. The molecule has 7 nitrogen and oxygen atoms in total. The highest BCUT2D eigenvalue weighted by atomic mass is 16.5. The average molecular weight is 569 g/mol. The van der Waals surface area contributed by atoms with Crippen molar-refractivity contribution >= 4 is 23.0 Å². The predicted molar refractivity (Wildman–Crippen MR) is 169 cm³/mol. The summed E-state index contributed by atoms with van der Waals surface area (Å²) in [5, 5.41) is 11.4. The first-order valence-electron chi connectivity index (χ1n) is 14.8. The average Bonchev–Trinajstić information content (AvgIpc) is 2.91. The SMILES string of the molecule is CC.CCC(C)=c1c(OCC(C)=O)ccc/c1=C1\c2cc(=O)c(C(=O)O)cn2C(C(C)(C)C)CN1C.CCC(C)C. The molecule has 1 atom stereocenters. The normalized spacial score (nSPS) is 16.5. The van der Waals surface area contributed by atoms with Crippen molar-refractivity contribution < 1.29 is 19.4 Å². The largest absolute Gasteiger partial charge is 0.485 e. The number of carboxylic acid groups (broad SMARTS) is 1. The molecule has 1 aromatic carbocycles. The molecule has 1 aromatic heterocycles. The number of carbonyl (C=O) groups excluding carboxylic acids is 1. The number of hydrogen-bond acceptors (Lipinski definition) is 5. The molecule has 228 valence electrons. The van der Waals surface area contributed by atoms with Gasteiger partial charge in [-0.25, -0.2) is 4.79 Å². The summed E-state index contributed by atoms with van der Waals surface area (Å²) >= 11 is 0. The monoisotopic (exact) mass is 568 g/mol. The number of aromatic nitrogens is 1. The number of hydrogen-bond donors (Lipinski definition) is 1. The van der Waals surface area contributed by atoms with E-state index in [2.05, 4.69) is 53.4 Å². The van der Waals surface area contributed by atoms with Crippen LogP contribution in [0.3, 0.4) is 0 Å². The summed E-state index contributed by atoms with van der Waals surface area (Å²) in [6.07, 6.45) is 3.56. The number of rotatable bonds is 6. The van der Waals surface area contributed by atoms with Gasteiger partial charge in [-0.15, -0.1) is 0 Å². The summed E-state index contributed by atoms with van der Waals surface area (Å²) in [6.45, 7) is 23.1. The number of aromatic carboxylic acids is 1. The molecule has 0 aliphatic carbocycles. The summed E-state index contributed by atoms with van der Waals surface area (Å²) in [5.41, 5.74) is 1.63. The quantitative estimate of drug-likeness (QED) is 0.469. The Bertz CT molecular complexity index is 1380. The summed E-state index contributed by atoms with van der Waals surface area (Å²) in [4.78, 5) is 38.3. The van der Waals surface area contributed by atoms with Crippen LogP contribution in [0.4, 0.5) is 0 Å².